The molecule has 0 aliphatic carbocycles. The molecule has 1 aliphatic heterocycles. The normalized spacial score (nSPS) is 14.9. The molecule has 32 heavy (non-hydrogen) atoms. The van der Waals surface area contributed by atoms with E-state index in [9.17, 15) is 14.4 Å². The lowest BCUT2D eigenvalue weighted by molar-refractivity contribution is -0.132. The maximum absolute atomic E-state index is 13.0. The zero-order valence-electron chi connectivity index (χ0n) is 16.9. The van der Waals surface area contributed by atoms with E-state index in [-0.39, 0.29) is 5.56 Å². The minimum Gasteiger partial charge on any atom is -0.477 e. The Morgan fingerprint density at radius 1 is 1.12 bits per heavy atom. The second kappa shape index (κ2) is 8.61. The number of carbonyl (C=O) groups is 2. The topological polar surface area (TPSA) is 92.5 Å². The molecular formula is C23H17Cl2N3O4. The molecule has 7 nitrogen and oxygen atoms in total. The Balaban J connectivity index is 1.77. The summed E-state index contributed by atoms with van der Waals surface area (Å²) >= 11 is 11.4. The number of aromatic nitrogens is 2. The van der Waals surface area contributed by atoms with Gasteiger partial charge in [0.2, 0.25) is 0 Å². The van der Waals surface area contributed by atoms with Gasteiger partial charge < -0.3 is 10.0 Å². The van der Waals surface area contributed by atoms with Crippen LogP contribution in [0.2, 0.25) is 0 Å². The number of hydrogen-bond donors (Lipinski definition) is 1. The monoisotopic (exact) mass is 469 g/mol. The van der Waals surface area contributed by atoms with E-state index in [0.717, 1.165) is 16.0 Å². The molecule has 1 N–H and O–H groups in total. The maximum atomic E-state index is 13.0. The molecule has 4 rings (SSSR count). The van der Waals surface area contributed by atoms with Crippen LogP contribution >= 0.6 is 23.2 Å². The highest BCUT2D eigenvalue weighted by molar-refractivity contribution is 6.54. The molecule has 0 atom stereocenters. The number of carboxylic acids is 1. The summed E-state index contributed by atoms with van der Waals surface area (Å²) in [4.78, 5) is 42.4. The van der Waals surface area contributed by atoms with E-state index in [0.29, 0.717) is 35.4 Å². The largest absolute Gasteiger partial charge is 0.477 e. The van der Waals surface area contributed by atoms with E-state index < -0.39 is 21.9 Å². The predicted molar refractivity (Wildman–Crippen MR) is 125 cm³/mol. The Labute approximate surface area is 192 Å². The number of carboxylic acid groups (broad SMARTS) is 1. The van der Waals surface area contributed by atoms with Gasteiger partial charge in [0, 0.05) is 19.3 Å². The number of amides is 1. The summed E-state index contributed by atoms with van der Waals surface area (Å²) in [7, 11) is 1.43. The second-order valence-corrected chi connectivity index (χ2v) is 7.98. The lowest BCUT2D eigenvalue weighted by atomic mass is 10.1. The van der Waals surface area contributed by atoms with E-state index in [1.165, 1.54) is 7.05 Å². The first-order chi connectivity index (χ1) is 15.3. The predicted octanol–water partition coefficient (Wildman–Crippen LogP) is 4.08. The van der Waals surface area contributed by atoms with Crippen molar-refractivity contribution in [1.29, 1.82) is 0 Å². The summed E-state index contributed by atoms with van der Waals surface area (Å²) in [5, 5.41) is 7.99. The average Bonchev–Trinajstić information content (AvgIpc) is 3.20. The van der Waals surface area contributed by atoms with Gasteiger partial charge in [-0.3, -0.25) is 14.2 Å². The molecule has 0 unspecified atom stereocenters. The number of hydrogen-bond acceptors (Lipinski definition) is 4. The minimum absolute atomic E-state index is 0.158. The van der Waals surface area contributed by atoms with Gasteiger partial charge in [0.25, 0.3) is 11.5 Å². The van der Waals surface area contributed by atoms with Gasteiger partial charge in [-0.25, -0.2) is 9.78 Å². The summed E-state index contributed by atoms with van der Waals surface area (Å²) in [6.07, 6.45) is 2.70. The Morgan fingerprint density at radius 3 is 2.53 bits per heavy atom. The third-order valence-electron chi connectivity index (χ3n) is 5.23. The third kappa shape index (κ3) is 3.92. The lowest BCUT2D eigenvalue weighted by Crippen LogP contribution is -2.27. The smallest absolute Gasteiger partial charge is 0.349 e. The molecule has 2 aromatic carbocycles. The van der Waals surface area contributed by atoms with Crippen LogP contribution in [0.4, 0.5) is 5.69 Å². The molecule has 1 aromatic heterocycles. The van der Waals surface area contributed by atoms with Crippen LogP contribution in [0.3, 0.4) is 0 Å². The van der Waals surface area contributed by atoms with Crippen LogP contribution in [-0.2, 0) is 16.1 Å². The number of allylic oxidation sites excluding steroid dienone is 1. The van der Waals surface area contributed by atoms with E-state index in [2.05, 4.69) is 0 Å². The number of carbonyl (C=O) groups excluding carboxylic acids is 1. The molecule has 0 spiro atoms. The first kappa shape index (κ1) is 21.8. The SMILES string of the molecule is CN(C(=O)C(Cl)=C(Cl)C(=O)O)c1ccc2c(=O)n3c(nc2c1)C(=Cc1ccccc1)CC3. The van der Waals surface area contributed by atoms with Crippen molar-refractivity contribution in [3.63, 3.8) is 0 Å². The summed E-state index contributed by atoms with van der Waals surface area (Å²) in [5.74, 6) is -1.70. The number of fused-ring (bicyclic) bond motifs is 2. The van der Waals surface area contributed by atoms with Crippen LogP contribution in [0.1, 0.15) is 17.8 Å². The molecule has 2 heterocycles. The number of aliphatic carboxylic acids is 1. The zero-order valence-corrected chi connectivity index (χ0v) is 18.4. The molecule has 9 heteroatoms. The molecule has 0 radical (unpaired) electrons. The Hall–Kier alpha value is -3.42. The molecule has 1 aliphatic rings. The number of rotatable bonds is 4. The first-order valence-corrected chi connectivity index (χ1v) is 10.4. The number of benzene rings is 2. The van der Waals surface area contributed by atoms with E-state index >= 15 is 0 Å². The van der Waals surface area contributed by atoms with Crippen molar-refractivity contribution in [2.24, 2.45) is 0 Å². The summed E-state index contributed by atoms with van der Waals surface area (Å²) in [5.41, 5.74) is 2.61. The summed E-state index contributed by atoms with van der Waals surface area (Å²) < 4.78 is 1.65. The summed E-state index contributed by atoms with van der Waals surface area (Å²) in [6, 6.07) is 14.5. The second-order valence-electron chi connectivity index (χ2n) is 7.22. The van der Waals surface area contributed by atoms with Crippen molar-refractivity contribution in [2.45, 2.75) is 13.0 Å². The van der Waals surface area contributed by atoms with Crippen molar-refractivity contribution in [3.05, 3.63) is 80.3 Å². The van der Waals surface area contributed by atoms with Gasteiger partial charge >= 0.3 is 5.97 Å². The van der Waals surface area contributed by atoms with Crippen molar-refractivity contribution in [1.82, 2.24) is 9.55 Å². The molecule has 0 saturated carbocycles. The number of likely N-dealkylation sites (N-methyl/N-ethyl adjacent to an activating group) is 1. The number of anilines is 1. The lowest BCUT2D eigenvalue weighted by Gasteiger charge is -2.17. The summed E-state index contributed by atoms with van der Waals surface area (Å²) in [6.45, 7) is 0.546. The van der Waals surface area contributed by atoms with Crippen molar-refractivity contribution < 1.29 is 14.7 Å². The van der Waals surface area contributed by atoms with Crippen LogP contribution in [0, 0.1) is 0 Å². The Bertz CT molecular complexity index is 1380. The van der Waals surface area contributed by atoms with Gasteiger partial charge in [0.1, 0.15) is 15.9 Å². The van der Waals surface area contributed by atoms with Crippen molar-refractivity contribution in [2.75, 3.05) is 11.9 Å². The van der Waals surface area contributed by atoms with E-state index in [4.69, 9.17) is 33.3 Å². The van der Waals surface area contributed by atoms with Crippen molar-refractivity contribution in [3.8, 4) is 0 Å². The molecule has 3 aromatic rings. The molecule has 0 saturated heterocycles. The molecule has 0 bridgehead atoms. The fourth-order valence-electron chi connectivity index (χ4n) is 3.55. The highest BCUT2D eigenvalue weighted by Gasteiger charge is 2.24. The van der Waals surface area contributed by atoms with Gasteiger partial charge in [-0.1, -0.05) is 53.5 Å². The molecule has 1 amide bonds. The van der Waals surface area contributed by atoms with E-state index in [1.807, 2.05) is 36.4 Å². The standard InChI is InChI=1S/C23H17Cl2N3O4/c1-27(22(30)18(24)19(25)23(31)32)15-7-8-16-17(12-15)26-20-14(9-10-28(20)21(16)29)11-13-5-3-2-4-6-13/h2-8,11-12H,9-10H2,1H3,(H,31,32). The van der Waals surface area contributed by atoms with Crippen molar-refractivity contribution >= 4 is 63.3 Å². The van der Waals surface area contributed by atoms with E-state index in [1.54, 1.807) is 22.8 Å². The molecule has 162 valence electrons. The van der Waals surface area contributed by atoms with Crippen LogP contribution in [0.15, 0.2) is 63.4 Å². The zero-order chi connectivity index (χ0) is 23.0. The van der Waals surface area contributed by atoms with Gasteiger partial charge in [0.05, 0.1) is 10.9 Å². The van der Waals surface area contributed by atoms with Crippen LogP contribution in [0.5, 0.6) is 0 Å². The number of halogens is 2. The van der Waals surface area contributed by atoms with Crippen LogP contribution < -0.4 is 10.5 Å². The quantitative estimate of drug-likeness (QED) is 0.581. The van der Waals surface area contributed by atoms with Gasteiger partial charge in [0.15, 0.2) is 0 Å². The third-order valence-corrected chi connectivity index (χ3v) is 6.03. The maximum Gasteiger partial charge on any atom is 0.349 e. The van der Waals surface area contributed by atoms with Gasteiger partial charge in [-0.05, 0) is 41.8 Å². The highest BCUT2D eigenvalue weighted by atomic mass is 35.5. The molecular weight excluding hydrogens is 453 g/mol. The molecule has 0 fully saturated rings. The fourth-order valence-corrected chi connectivity index (χ4v) is 3.84. The fraction of sp³-hybridized carbons (Fsp3) is 0.130. The average molecular weight is 470 g/mol. The first-order valence-electron chi connectivity index (χ1n) is 9.65. The Morgan fingerprint density at radius 2 is 1.84 bits per heavy atom. The Kier molecular flexibility index (Phi) is 5.86. The van der Waals surface area contributed by atoms with Crippen LogP contribution in [0.25, 0.3) is 22.6 Å². The van der Waals surface area contributed by atoms with Gasteiger partial charge in [-0.2, -0.15) is 0 Å². The van der Waals surface area contributed by atoms with Crippen LogP contribution in [-0.4, -0.2) is 33.6 Å². The van der Waals surface area contributed by atoms with Gasteiger partial charge in [-0.15, -0.1) is 0 Å². The number of nitrogens with zero attached hydrogens (tertiary/aromatic N) is 3. The highest BCUT2D eigenvalue weighted by Crippen LogP contribution is 2.29. The minimum atomic E-state index is -1.50.